The molecule has 1 unspecified atom stereocenters. The SMILES string of the molecule is CCC(NC(=O)c1c(C)ccn(C2CCNCC2)c1=O)c1cn2cccnc2n1. The largest absolute Gasteiger partial charge is 0.343 e. The molecule has 29 heavy (non-hydrogen) atoms. The Balaban J connectivity index is 1.62. The first-order valence-corrected chi connectivity index (χ1v) is 10.1. The number of fused-ring (bicyclic) bond motifs is 1. The fourth-order valence-corrected chi connectivity index (χ4v) is 3.92. The number of aromatic nitrogens is 4. The topological polar surface area (TPSA) is 93.3 Å². The number of pyridine rings is 1. The standard InChI is InChI=1S/C21H26N6O2/c1-3-16(17-13-26-11-4-8-23-21(26)25-17)24-19(28)18-14(2)7-12-27(20(18)29)15-5-9-22-10-6-15/h4,7-8,11-13,15-16,22H,3,5-6,9-10H2,1-2H3,(H,24,28). The summed E-state index contributed by atoms with van der Waals surface area (Å²) in [5.74, 6) is 0.229. The van der Waals surface area contributed by atoms with Gasteiger partial charge in [0.05, 0.1) is 11.7 Å². The third kappa shape index (κ3) is 3.80. The molecule has 4 rings (SSSR count). The number of hydrogen-bond donors (Lipinski definition) is 2. The lowest BCUT2D eigenvalue weighted by molar-refractivity contribution is 0.0931. The Bertz CT molecular complexity index is 1050. The summed E-state index contributed by atoms with van der Waals surface area (Å²) in [6.07, 6.45) is 9.65. The molecule has 0 aromatic carbocycles. The molecule has 1 aliphatic heterocycles. The molecule has 1 saturated heterocycles. The van der Waals surface area contributed by atoms with Gasteiger partial charge < -0.3 is 15.2 Å². The second-order valence-corrected chi connectivity index (χ2v) is 7.49. The molecule has 2 N–H and O–H groups in total. The van der Waals surface area contributed by atoms with Crippen LogP contribution in [-0.4, -0.2) is 37.9 Å². The van der Waals surface area contributed by atoms with Crippen molar-refractivity contribution in [3.63, 3.8) is 0 Å². The normalized spacial score (nSPS) is 16.1. The molecule has 0 aliphatic carbocycles. The fraction of sp³-hybridized carbons (Fsp3) is 0.429. The third-order valence-electron chi connectivity index (χ3n) is 5.58. The number of rotatable bonds is 5. The van der Waals surface area contributed by atoms with Gasteiger partial charge in [-0.15, -0.1) is 0 Å². The van der Waals surface area contributed by atoms with E-state index in [1.54, 1.807) is 17.7 Å². The van der Waals surface area contributed by atoms with Crippen LogP contribution in [0, 0.1) is 6.92 Å². The van der Waals surface area contributed by atoms with Crippen molar-refractivity contribution in [1.82, 2.24) is 29.6 Å². The predicted molar refractivity (Wildman–Crippen MR) is 110 cm³/mol. The zero-order chi connectivity index (χ0) is 20.4. The van der Waals surface area contributed by atoms with Crippen molar-refractivity contribution >= 4 is 11.7 Å². The van der Waals surface area contributed by atoms with Crippen molar-refractivity contribution in [3.05, 3.63) is 64.1 Å². The number of aryl methyl sites for hydroxylation is 1. The average Bonchev–Trinajstić information content (AvgIpc) is 3.17. The summed E-state index contributed by atoms with van der Waals surface area (Å²) in [6.45, 7) is 5.55. The van der Waals surface area contributed by atoms with E-state index in [9.17, 15) is 9.59 Å². The number of carbonyl (C=O) groups is 1. The first-order valence-electron chi connectivity index (χ1n) is 10.1. The molecule has 1 amide bonds. The van der Waals surface area contributed by atoms with Gasteiger partial charge in [0.1, 0.15) is 5.56 Å². The van der Waals surface area contributed by atoms with Crippen LogP contribution in [0.4, 0.5) is 0 Å². The van der Waals surface area contributed by atoms with Crippen molar-refractivity contribution in [1.29, 1.82) is 0 Å². The number of amides is 1. The lowest BCUT2D eigenvalue weighted by atomic mass is 10.0. The smallest absolute Gasteiger partial charge is 0.263 e. The summed E-state index contributed by atoms with van der Waals surface area (Å²) in [5.41, 5.74) is 1.41. The number of hydrogen-bond acceptors (Lipinski definition) is 5. The number of piperidine rings is 1. The second-order valence-electron chi connectivity index (χ2n) is 7.49. The molecule has 8 nitrogen and oxygen atoms in total. The van der Waals surface area contributed by atoms with Crippen LogP contribution < -0.4 is 16.2 Å². The molecule has 1 fully saturated rings. The Morgan fingerprint density at radius 3 is 2.86 bits per heavy atom. The van der Waals surface area contributed by atoms with Crippen LogP contribution in [0.2, 0.25) is 0 Å². The van der Waals surface area contributed by atoms with E-state index in [-0.39, 0.29) is 29.1 Å². The lowest BCUT2D eigenvalue weighted by Crippen LogP contribution is -2.39. The van der Waals surface area contributed by atoms with Crippen LogP contribution in [0.3, 0.4) is 0 Å². The van der Waals surface area contributed by atoms with Gasteiger partial charge in [0.25, 0.3) is 11.5 Å². The zero-order valence-electron chi connectivity index (χ0n) is 16.8. The average molecular weight is 394 g/mol. The second kappa shape index (κ2) is 8.16. The number of carbonyl (C=O) groups excluding carboxylic acids is 1. The van der Waals surface area contributed by atoms with Gasteiger partial charge in [0.15, 0.2) is 0 Å². The quantitative estimate of drug-likeness (QED) is 0.690. The summed E-state index contributed by atoms with van der Waals surface area (Å²) < 4.78 is 3.54. The molecule has 4 heterocycles. The molecule has 3 aromatic rings. The Labute approximate surface area is 169 Å². The van der Waals surface area contributed by atoms with E-state index >= 15 is 0 Å². The Morgan fingerprint density at radius 1 is 1.34 bits per heavy atom. The van der Waals surface area contributed by atoms with Crippen molar-refractivity contribution < 1.29 is 4.79 Å². The Morgan fingerprint density at radius 2 is 2.14 bits per heavy atom. The van der Waals surface area contributed by atoms with E-state index in [4.69, 9.17) is 0 Å². The molecule has 3 aromatic heterocycles. The molecular formula is C21H26N6O2. The van der Waals surface area contributed by atoms with E-state index in [2.05, 4.69) is 20.6 Å². The van der Waals surface area contributed by atoms with Crippen molar-refractivity contribution in [3.8, 4) is 0 Å². The highest BCUT2D eigenvalue weighted by molar-refractivity contribution is 5.95. The zero-order valence-corrected chi connectivity index (χ0v) is 16.8. The molecule has 0 saturated carbocycles. The molecule has 1 aliphatic rings. The Hall–Kier alpha value is -3.00. The van der Waals surface area contributed by atoms with E-state index in [0.29, 0.717) is 17.8 Å². The van der Waals surface area contributed by atoms with Gasteiger partial charge >= 0.3 is 0 Å². The van der Waals surface area contributed by atoms with Gasteiger partial charge in [0, 0.05) is 30.8 Å². The highest BCUT2D eigenvalue weighted by atomic mass is 16.2. The van der Waals surface area contributed by atoms with Crippen LogP contribution in [0.15, 0.2) is 41.7 Å². The number of nitrogens with one attached hydrogen (secondary N) is 2. The summed E-state index contributed by atoms with van der Waals surface area (Å²) in [4.78, 5) is 35.0. The molecule has 0 radical (unpaired) electrons. The van der Waals surface area contributed by atoms with Crippen molar-refractivity contribution in [2.75, 3.05) is 13.1 Å². The number of imidazole rings is 1. The van der Waals surface area contributed by atoms with Gasteiger partial charge in [-0.05, 0) is 57.0 Å². The summed E-state index contributed by atoms with van der Waals surface area (Å²) >= 11 is 0. The molecular weight excluding hydrogens is 368 g/mol. The minimum atomic E-state index is -0.354. The van der Waals surface area contributed by atoms with Crippen LogP contribution in [0.5, 0.6) is 0 Å². The fourth-order valence-electron chi connectivity index (χ4n) is 3.92. The predicted octanol–water partition coefficient (Wildman–Crippen LogP) is 2.01. The van der Waals surface area contributed by atoms with E-state index in [1.807, 2.05) is 42.0 Å². The van der Waals surface area contributed by atoms with Gasteiger partial charge in [-0.2, -0.15) is 0 Å². The minimum Gasteiger partial charge on any atom is -0.343 e. The highest BCUT2D eigenvalue weighted by Crippen LogP contribution is 2.19. The number of nitrogens with zero attached hydrogens (tertiary/aromatic N) is 4. The van der Waals surface area contributed by atoms with Crippen LogP contribution >= 0.6 is 0 Å². The summed E-state index contributed by atoms with van der Waals surface area (Å²) in [7, 11) is 0. The first-order chi connectivity index (χ1) is 14.1. The van der Waals surface area contributed by atoms with Crippen molar-refractivity contribution in [2.24, 2.45) is 0 Å². The van der Waals surface area contributed by atoms with Gasteiger partial charge in [0.2, 0.25) is 5.78 Å². The maximum atomic E-state index is 13.1. The summed E-state index contributed by atoms with van der Waals surface area (Å²) in [5, 5.41) is 6.31. The molecule has 0 spiro atoms. The molecule has 8 heteroatoms. The van der Waals surface area contributed by atoms with Gasteiger partial charge in [-0.1, -0.05) is 6.92 Å². The monoisotopic (exact) mass is 394 g/mol. The first kappa shape index (κ1) is 19.3. The van der Waals surface area contributed by atoms with E-state index < -0.39 is 0 Å². The van der Waals surface area contributed by atoms with Crippen LogP contribution in [0.25, 0.3) is 5.78 Å². The van der Waals surface area contributed by atoms with Gasteiger partial charge in [-0.25, -0.2) is 9.97 Å². The molecule has 1 atom stereocenters. The maximum Gasteiger partial charge on any atom is 0.263 e. The summed E-state index contributed by atoms with van der Waals surface area (Å²) in [6, 6.07) is 3.51. The Kier molecular flexibility index (Phi) is 5.44. The highest BCUT2D eigenvalue weighted by Gasteiger charge is 2.24. The third-order valence-corrected chi connectivity index (χ3v) is 5.58. The van der Waals surface area contributed by atoms with Crippen LogP contribution in [0.1, 0.15) is 59.9 Å². The minimum absolute atomic E-state index is 0.127. The molecule has 152 valence electrons. The van der Waals surface area contributed by atoms with Crippen LogP contribution in [-0.2, 0) is 0 Å². The van der Waals surface area contributed by atoms with Gasteiger partial charge in [-0.3, -0.25) is 14.0 Å². The lowest BCUT2D eigenvalue weighted by Gasteiger charge is -2.25. The van der Waals surface area contributed by atoms with Crippen molar-refractivity contribution in [2.45, 2.75) is 45.2 Å². The maximum absolute atomic E-state index is 13.1. The van der Waals surface area contributed by atoms with E-state index in [0.717, 1.165) is 31.6 Å². The molecule has 0 bridgehead atoms. The van der Waals surface area contributed by atoms with E-state index in [1.165, 1.54) is 0 Å².